The number of amidine groups is 1. The summed E-state index contributed by atoms with van der Waals surface area (Å²) in [6.07, 6.45) is 4.99. The van der Waals surface area contributed by atoms with E-state index in [2.05, 4.69) is 15.7 Å². The van der Waals surface area contributed by atoms with Crippen molar-refractivity contribution in [2.45, 2.75) is 51.1 Å². The smallest absolute Gasteiger partial charge is 0.288 e. The molecule has 1 aliphatic carbocycles. The van der Waals surface area contributed by atoms with Crippen LogP contribution in [0.4, 0.5) is 5.69 Å². The zero-order valence-electron chi connectivity index (χ0n) is 15.0. The molecule has 3 atom stereocenters. The van der Waals surface area contributed by atoms with Gasteiger partial charge in [0.25, 0.3) is 11.8 Å². The second-order valence-electron chi connectivity index (χ2n) is 6.94. The highest BCUT2D eigenvalue weighted by Crippen LogP contribution is 2.23. The van der Waals surface area contributed by atoms with Crippen LogP contribution in [0.3, 0.4) is 0 Å². The maximum Gasteiger partial charge on any atom is 0.288 e. The Bertz CT molecular complexity index is 677. The fourth-order valence-corrected chi connectivity index (χ4v) is 3.53. The number of rotatable bonds is 4. The Morgan fingerprint density at radius 2 is 2.00 bits per heavy atom. The van der Waals surface area contributed by atoms with E-state index in [0.29, 0.717) is 5.69 Å². The molecule has 7 nitrogen and oxygen atoms in total. The summed E-state index contributed by atoms with van der Waals surface area (Å²) in [7, 11) is 0. The average molecular weight is 358 g/mol. The minimum atomic E-state index is -0.639. The molecule has 1 aromatic carbocycles. The van der Waals surface area contributed by atoms with Crippen molar-refractivity contribution < 1.29 is 14.7 Å². The third kappa shape index (κ3) is 4.04. The summed E-state index contributed by atoms with van der Waals surface area (Å²) in [4.78, 5) is 29.4. The van der Waals surface area contributed by atoms with E-state index in [1.54, 1.807) is 19.1 Å². The second kappa shape index (κ2) is 8.31. The Kier molecular flexibility index (Phi) is 5.88. The molecule has 0 unspecified atom stereocenters. The minimum absolute atomic E-state index is 0.0647. The van der Waals surface area contributed by atoms with Gasteiger partial charge in [0.2, 0.25) is 5.84 Å². The monoisotopic (exact) mass is 358 g/mol. The van der Waals surface area contributed by atoms with Gasteiger partial charge in [0.15, 0.2) is 0 Å². The number of hydrogen-bond donors (Lipinski definition) is 3. The number of benzene rings is 1. The van der Waals surface area contributed by atoms with Gasteiger partial charge in [0, 0.05) is 18.6 Å². The van der Waals surface area contributed by atoms with Crippen molar-refractivity contribution in [3.8, 4) is 0 Å². The summed E-state index contributed by atoms with van der Waals surface area (Å²) in [5.74, 6) is -0.358. The molecule has 3 rings (SSSR count). The fraction of sp³-hybridized carbons (Fsp3) is 0.526. The van der Waals surface area contributed by atoms with Crippen molar-refractivity contribution in [2.75, 3.05) is 11.6 Å². The van der Waals surface area contributed by atoms with E-state index in [-0.39, 0.29) is 36.2 Å². The number of carbonyl (C=O) groups is 2. The number of anilines is 1. The first kappa shape index (κ1) is 18.4. The van der Waals surface area contributed by atoms with E-state index in [1.807, 2.05) is 18.2 Å². The predicted octanol–water partition coefficient (Wildman–Crippen LogP) is 1.38. The van der Waals surface area contributed by atoms with E-state index >= 15 is 0 Å². The van der Waals surface area contributed by atoms with Gasteiger partial charge in [0.1, 0.15) is 6.04 Å². The predicted molar refractivity (Wildman–Crippen MR) is 99.6 cm³/mol. The SMILES string of the molecule is C[C@@H]1N=C(C(=O)N[C@H]2CCCCC[C@@H]2CO)NN(c2ccccc2)C1=O. The molecule has 2 amide bonds. The van der Waals surface area contributed by atoms with Gasteiger partial charge in [-0.25, -0.2) is 10.0 Å². The van der Waals surface area contributed by atoms with Gasteiger partial charge in [-0.3, -0.25) is 15.0 Å². The first-order valence-electron chi connectivity index (χ1n) is 9.25. The van der Waals surface area contributed by atoms with E-state index in [4.69, 9.17) is 0 Å². The zero-order chi connectivity index (χ0) is 18.5. The lowest BCUT2D eigenvalue weighted by Gasteiger charge is -2.31. The van der Waals surface area contributed by atoms with Crippen LogP contribution in [0.15, 0.2) is 35.3 Å². The van der Waals surface area contributed by atoms with Crippen LogP contribution in [0.5, 0.6) is 0 Å². The topological polar surface area (TPSA) is 94.0 Å². The van der Waals surface area contributed by atoms with Crippen LogP contribution in [0, 0.1) is 5.92 Å². The van der Waals surface area contributed by atoms with Crippen LogP contribution in [0.2, 0.25) is 0 Å². The van der Waals surface area contributed by atoms with Crippen LogP contribution in [0.1, 0.15) is 39.0 Å². The molecule has 26 heavy (non-hydrogen) atoms. The van der Waals surface area contributed by atoms with Crippen molar-refractivity contribution >= 4 is 23.3 Å². The van der Waals surface area contributed by atoms with Crippen LogP contribution >= 0.6 is 0 Å². The molecule has 0 aromatic heterocycles. The number of aliphatic hydroxyl groups excluding tert-OH is 1. The summed E-state index contributed by atoms with van der Waals surface area (Å²) in [5, 5.41) is 14.0. The quantitative estimate of drug-likeness (QED) is 0.709. The lowest BCUT2D eigenvalue weighted by Crippen LogP contribution is -2.59. The van der Waals surface area contributed by atoms with Gasteiger partial charge in [-0.15, -0.1) is 0 Å². The van der Waals surface area contributed by atoms with E-state index in [9.17, 15) is 14.7 Å². The Balaban J connectivity index is 1.74. The van der Waals surface area contributed by atoms with E-state index in [1.165, 1.54) is 5.01 Å². The molecule has 1 saturated carbocycles. The lowest BCUT2D eigenvalue weighted by molar-refractivity contribution is -0.120. The number of amides is 2. The molecule has 1 aliphatic heterocycles. The largest absolute Gasteiger partial charge is 0.396 e. The number of hydrazine groups is 1. The highest BCUT2D eigenvalue weighted by atomic mass is 16.3. The van der Waals surface area contributed by atoms with Gasteiger partial charge in [0.05, 0.1) is 5.69 Å². The maximum absolute atomic E-state index is 12.7. The fourth-order valence-electron chi connectivity index (χ4n) is 3.53. The number of nitrogens with one attached hydrogen (secondary N) is 2. The van der Waals surface area contributed by atoms with Crippen molar-refractivity contribution in [3.63, 3.8) is 0 Å². The van der Waals surface area contributed by atoms with Crippen molar-refractivity contribution in [3.05, 3.63) is 30.3 Å². The van der Waals surface area contributed by atoms with E-state index in [0.717, 1.165) is 32.1 Å². The molecule has 1 fully saturated rings. The molecular formula is C19H26N4O3. The third-order valence-electron chi connectivity index (χ3n) is 5.06. The number of aliphatic hydroxyl groups is 1. The summed E-state index contributed by atoms with van der Waals surface area (Å²) >= 11 is 0. The average Bonchev–Trinajstić information content (AvgIpc) is 2.89. The Morgan fingerprint density at radius 3 is 2.73 bits per heavy atom. The Hall–Kier alpha value is -2.41. The first-order chi connectivity index (χ1) is 12.6. The molecular weight excluding hydrogens is 332 g/mol. The number of hydrogen-bond acceptors (Lipinski definition) is 5. The standard InChI is InChI=1S/C19H26N4O3/c1-13-19(26)23(15-9-5-3-6-10-15)22-17(20-13)18(25)21-16-11-7-2-4-8-14(16)12-24/h3,5-6,9-10,13-14,16,24H,2,4,7-8,11-12H2,1H3,(H,20,22)(H,21,25)/t13-,14+,16-/m0/s1. The second-order valence-corrected chi connectivity index (χ2v) is 6.94. The molecule has 0 bridgehead atoms. The number of aliphatic imine (C=N–C) groups is 1. The molecule has 1 aromatic rings. The normalized spacial score (nSPS) is 26.5. The van der Waals surface area contributed by atoms with Gasteiger partial charge in [-0.05, 0) is 31.9 Å². The highest BCUT2D eigenvalue weighted by molar-refractivity contribution is 6.39. The molecule has 7 heteroatoms. The summed E-state index contributed by atoms with van der Waals surface area (Å²) in [6, 6.07) is 8.41. The van der Waals surface area contributed by atoms with Crippen LogP contribution < -0.4 is 15.8 Å². The first-order valence-corrected chi connectivity index (χ1v) is 9.25. The molecule has 0 radical (unpaired) electrons. The summed E-state index contributed by atoms with van der Waals surface area (Å²) in [6.45, 7) is 1.74. The van der Waals surface area contributed by atoms with Crippen molar-refractivity contribution in [1.29, 1.82) is 0 Å². The summed E-state index contributed by atoms with van der Waals surface area (Å²) in [5.41, 5.74) is 3.51. The van der Waals surface area contributed by atoms with Gasteiger partial charge in [-0.2, -0.15) is 0 Å². The molecule has 0 spiro atoms. The van der Waals surface area contributed by atoms with Gasteiger partial charge < -0.3 is 10.4 Å². The minimum Gasteiger partial charge on any atom is -0.396 e. The number of nitrogens with zero attached hydrogens (tertiary/aromatic N) is 2. The summed E-state index contributed by atoms with van der Waals surface area (Å²) < 4.78 is 0. The van der Waals surface area contributed by atoms with Crippen molar-refractivity contribution in [1.82, 2.24) is 10.7 Å². The molecule has 1 heterocycles. The van der Waals surface area contributed by atoms with Crippen molar-refractivity contribution in [2.24, 2.45) is 10.9 Å². The van der Waals surface area contributed by atoms with Crippen LogP contribution in [0.25, 0.3) is 0 Å². The maximum atomic E-state index is 12.7. The lowest BCUT2D eigenvalue weighted by atomic mass is 9.95. The Labute approximate surface area is 153 Å². The molecule has 3 N–H and O–H groups in total. The molecule has 0 saturated heterocycles. The third-order valence-corrected chi connectivity index (χ3v) is 5.06. The molecule has 2 aliphatic rings. The zero-order valence-corrected chi connectivity index (χ0v) is 15.0. The van der Waals surface area contributed by atoms with Crippen LogP contribution in [-0.4, -0.2) is 41.4 Å². The van der Waals surface area contributed by atoms with Gasteiger partial charge >= 0.3 is 0 Å². The van der Waals surface area contributed by atoms with Crippen LogP contribution in [-0.2, 0) is 9.59 Å². The highest BCUT2D eigenvalue weighted by Gasteiger charge is 2.32. The van der Waals surface area contributed by atoms with E-state index < -0.39 is 6.04 Å². The van der Waals surface area contributed by atoms with Gasteiger partial charge in [-0.1, -0.05) is 37.5 Å². The Morgan fingerprint density at radius 1 is 1.27 bits per heavy atom. The number of para-hydroxylation sites is 1. The number of carbonyl (C=O) groups excluding carboxylic acids is 2. The molecule has 140 valence electrons.